The van der Waals surface area contributed by atoms with Crippen LogP contribution >= 0.6 is 0 Å². The molecule has 1 amide bonds. The molecule has 156 valence electrons. The van der Waals surface area contributed by atoms with Gasteiger partial charge in [0.05, 0.1) is 12.1 Å². The van der Waals surface area contributed by atoms with Gasteiger partial charge in [-0.05, 0) is 35.9 Å². The zero-order valence-corrected chi connectivity index (χ0v) is 17.0. The van der Waals surface area contributed by atoms with Crippen LogP contribution in [0.2, 0.25) is 0 Å². The van der Waals surface area contributed by atoms with Gasteiger partial charge in [-0.2, -0.15) is 0 Å². The molecule has 0 N–H and O–H groups in total. The highest BCUT2D eigenvalue weighted by molar-refractivity contribution is 5.92. The van der Waals surface area contributed by atoms with Crippen molar-refractivity contribution in [2.45, 2.75) is 19.1 Å². The number of para-hydroxylation sites is 1. The molecule has 2 aromatic heterocycles. The molecule has 4 aromatic rings. The van der Waals surface area contributed by atoms with E-state index in [9.17, 15) is 4.79 Å². The summed E-state index contributed by atoms with van der Waals surface area (Å²) >= 11 is 0. The van der Waals surface area contributed by atoms with Crippen molar-refractivity contribution in [2.24, 2.45) is 0 Å². The van der Waals surface area contributed by atoms with Gasteiger partial charge in [-0.15, -0.1) is 0 Å². The third kappa shape index (κ3) is 4.07. The summed E-state index contributed by atoms with van der Waals surface area (Å²) in [4.78, 5) is 18.6. The van der Waals surface area contributed by atoms with Gasteiger partial charge in [0.1, 0.15) is 24.2 Å². The van der Waals surface area contributed by atoms with Gasteiger partial charge in [0.2, 0.25) is 0 Å². The third-order valence-corrected chi connectivity index (χ3v) is 5.27. The van der Waals surface area contributed by atoms with E-state index >= 15 is 0 Å². The first-order chi connectivity index (χ1) is 15.2. The Kier molecular flexibility index (Phi) is 5.00. The van der Waals surface area contributed by atoms with Crippen LogP contribution in [0, 0.1) is 0 Å². The van der Waals surface area contributed by atoms with Crippen molar-refractivity contribution in [3.05, 3.63) is 83.9 Å². The Bertz CT molecular complexity index is 1210. The summed E-state index contributed by atoms with van der Waals surface area (Å²) in [5.41, 5.74) is 2.32. The lowest BCUT2D eigenvalue weighted by molar-refractivity contribution is 0.0720. The van der Waals surface area contributed by atoms with Crippen LogP contribution in [0.3, 0.4) is 0 Å². The van der Waals surface area contributed by atoms with Gasteiger partial charge in [0.15, 0.2) is 11.5 Å². The number of hydrogen-bond donors (Lipinski definition) is 0. The van der Waals surface area contributed by atoms with Crippen molar-refractivity contribution in [1.29, 1.82) is 0 Å². The molecule has 0 saturated heterocycles. The summed E-state index contributed by atoms with van der Waals surface area (Å²) in [5, 5.41) is 4.91. The van der Waals surface area contributed by atoms with Crippen LogP contribution in [-0.4, -0.2) is 40.6 Å². The van der Waals surface area contributed by atoms with Crippen LogP contribution in [0.15, 0.2) is 71.4 Å². The van der Waals surface area contributed by atoms with E-state index in [1.165, 1.54) is 5.56 Å². The molecule has 31 heavy (non-hydrogen) atoms. The molecule has 0 saturated carbocycles. The zero-order chi connectivity index (χ0) is 21.2. The first kappa shape index (κ1) is 19.1. The van der Waals surface area contributed by atoms with Crippen LogP contribution in [-0.2, 0) is 13.0 Å². The number of aromatic nitrogens is 2. The molecular formula is C24H21N3O4. The van der Waals surface area contributed by atoms with Crippen molar-refractivity contribution < 1.29 is 18.8 Å². The van der Waals surface area contributed by atoms with E-state index in [-0.39, 0.29) is 24.3 Å². The topological polar surface area (TPSA) is 77.7 Å². The van der Waals surface area contributed by atoms with Gasteiger partial charge in [-0.1, -0.05) is 29.4 Å². The van der Waals surface area contributed by atoms with Gasteiger partial charge in [0.25, 0.3) is 5.91 Å². The largest absolute Gasteiger partial charge is 0.488 e. The minimum absolute atomic E-state index is 0.0663. The maximum atomic E-state index is 12.7. The SMILES string of the molecule is CN(C[C@@H]1Cc2ccccc2O1)C(=O)c1cc(COc2ccc3ncccc3c2)on1. The summed E-state index contributed by atoms with van der Waals surface area (Å²) in [7, 11) is 1.74. The highest BCUT2D eigenvalue weighted by Crippen LogP contribution is 2.28. The van der Waals surface area contributed by atoms with Crippen molar-refractivity contribution in [3.63, 3.8) is 0 Å². The predicted octanol–water partition coefficient (Wildman–Crippen LogP) is 3.88. The highest BCUT2D eigenvalue weighted by atomic mass is 16.5. The van der Waals surface area contributed by atoms with Crippen molar-refractivity contribution in [3.8, 4) is 11.5 Å². The average Bonchev–Trinajstić information content (AvgIpc) is 3.43. The van der Waals surface area contributed by atoms with Gasteiger partial charge in [0, 0.05) is 31.1 Å². The van der Waals surface area contributed by atoms with Crippen LogP contribution in [0.25, 0.3) is 10.9 Å². The monoisotopic (exact) mass is 415 g/mol. The van der Waals surface area contributed by atoms with Crippen LogP contribution in [0.5, 0.6) is 11.5 Å². The standard InChI is InChI=1S/C24H21N3O4/c1-27(14-19-12-17-5-2-3-7-23(17)30-19)24(28)22-13-20(31-26-22)15-29-18-8-9-21-16(11-18)6-4-10-25-21/h2-11,13,19H,12,14-15H2,1H3/t19-/m0/s1. The minimum Gasteiger partial charge on any atom is -0.488 e. The lowest BCUT2D eigenvalue weighted by atomic mass is 10.1. The first-order valence-corrected chi connectivity index (χ1v) is 10.1. The number of amides is 1. The Morgan fingerprint density at radius 3 is 2.97 bits per heavy atom. The molecule has 0 bridgehead atoms. The zero-order valence-electron chi connectivity index (χ0n) is 17.0. The number of carbonyl (C=O) groups excluding carboxylic acids is 1. The van der Waals surface area contributed by atoms with Gasteiger partial charge in [-0.25, -0.2) is 0 Å². The Balaban J connectivity index is 1.18. The number of pyridine rings is 1. The Labute approximate surface area is 179 Å². The number of nitrogens with zero attached hydrogens (tertiary/aromatic N) is 3. The number of hydrogen-bond acceptors (Lipinski definition) is 6. The number of fused-ring (bicyclic) bond motifs is 2. The molecule has 1 aliphatic heterocycles. The lowest BCUT2D eigenvalue weighted by Gasteiger charge is -2.19. The summed E-state index contributed by atoms with van der Waals surface area (Å²) < 4.78 is 17.0. The molecule has 3 heterocycles. The molecule has 7 heteroatoms. The van der Waals surface area contributed by atoms with Gasteiger partial charge in [-0.3, -0.25) is 9.78 Å². The molecular weight excluding hydrogens is 394 g/mol. The summed E-state index contributed by atoms with van der Waals surface area (Å²) in [6.07, 6.45) is 2.47. The maximum absolute atomic E-state index is 12.7. The number of benzene rings is 2. The van der Waals surface area contributed by atoms with Crippen molar-refractivity contribution in [1.82, 2.24) is 15.0 Å². The van der Waals surface area contributed by atoms with Crippen LogP contribution in [0.1, 0.15) is 21.8 Å². The smallest absolute Gasteiger partial charge is 0.275 e. The number of likely N-dealkylation sites (N-methyl/N-ethyl adjacent to an activating group) is 1. The molecule has 0 aliphatic carbocycles. The van der Waals surface area contributed by atoms with Crippen molar-refractivity contribution >= 4 is 16.8 Å². The molecule has 5 rings (SSSR count). The summed E-state index contributed by atoms with van der Waals surface area (Å²) in [6.45, 7) is 0.647. The fourth-order valence-electron chi connectivity index (χ4n) is 3.72. The molecule has 0 spiro atoms. The average molecular weight is 415 g/mol. The Morgan fingerprint density at radius 1 is 1.16 bits per heavy atom. The minimum atomic E-state index is -0.216. The molecule has 0 radical (unpaired) electrons. The molecule has 1 aliphatic rings. The van der Waals surface area contributed by atoms with Gasteiger partial charge < -0.3 is 18.9 Å². The molecule has 2 aromatic carbocycles. The highest BCUT2D eigenvalue weighted by Gasteiger charge is 2.26. The second-order valence-corrected chi connectivity index (χ2v) is 7.56. The van der Waals surface area contributed by atoms with Gasteiger partial charge >= 0.3 is 0 Å². The van der Waals surface area contributed by atoms with Crippen molar-refractivity contribution in [2.75, 3.05) is 13.6 Å². The van der Waals surface area contributed by atoms with Crippen LogP contribution < -0.4 is 9.47 Å². The van der Waals surface area contributed by atoms with E-state index in [1.54, 1.807) is 24.2 Å². The third-order valence-electron chi connectivity index (χ3n) is 5.27. The fraction of sp³-hybridized carbons (Fsp3) is 0.208. The molecule has 1 atom stereocenters. The normalized spacial score (nSPS) is 14.8. The van der Waals surface area contributed by atoms with E-state index in [0.717, 1.165) is 23.1 Å². The fourth-order valence-corrected chi connectivity index (χ4v) is 3.72. The first-order valence-electron chi connectivity index (χ1n) is 10.1. The maximum Gasteiger partial charge on any atom is 0.275 e. The van der Waals surface area contributed by atoms with Crippen LogP contribution in [0.4, 0.5) is 0 Å². The second kappa shape index (κ2) is 8.10. The predicted molar refractivity (Wildman–Crippen MR) is 114 cm³/mol. The molecule has 7 nitrogen and oxygen atoms in total. The van der Waals surface area contributed by atoms with E-state index in [4.69, 9.17) is 14.0 Å². The van der Waals surface area contributed by atoms with E-state index in [0.29, 0.717) is 18.1 Å². The summed E-state index contributed by atoms with van der Waals surface area (Å²) in [5.74, 6) is 1.84. The molecule has 0 unspecified atom stereocenters. The Morgan fingerprint density at radius 2 is 2.06 bits per heavy atom. The number of rotatable bonds is 6. The number of carbonyl (C=O) groups is 1. The summed E-state index contributed by atoms with van der Waals surface area (Å²) in [6, 6.07) is 19.1. The number of ether oxygens (including phenoxy) is 2. The Hall–Kier alpha value is -3.87. The quantitative estimate of drug-likeness (QED) is 0.476. The van der Waals surface area contributed by atoms with E-state index in [2.05, 4.69) is 10.1 Å². The lowest BCUT2D eigenvalue weighted by Crippen LogP contribution is -2.36. The van der Waals surface area contributed by atoms with E-state index in [1.807, 2.05) is 54.6 Å². The second-order valence-electron chi connectivity index (χ2n) is 7.56. The van der Waals surface area contributed by atoms with E-state index < -0.39 is 0 Å². The molecule has 0 fully saturated rings.